The number of unbranched alkanes of at least 4 members (excludes halogenated alkanes) is 1. The fraction of sp³-hybridized carbons (Fsp3) is 0.632. The van der Waals surface area contributed by atoms with Gasteiger partial charge in [0.15, 0.2) is 0 Å². The molecule has 0 bridgehead atoms. The van der Waals surface area contributed by atoms with Crippen LogP contribution < -0.4 is 5.73 Å². The molecule has 0 radical (unpaired) electrons. The van der Waals surface area contributed by atoms with Crippen LogP contribution in [-0.4, -0.2) is 51.8 Å². The first kappa shape index (κ1) is 19.4. The van der Waals surface area contributed by atoms with E-state index in [0.717, 1.165) is 25.8 Å². The van der Waals surface area contributed by atoms with Gasteiger partial charge in [-0.2, -0.15) is 0 Å². The number of fused-ring (bicyclic) bond motifs is 1. The first-order chi connectivity index (χ1) is 12.4. The lowest BCUT2D eigenvalue weighted by Gasteiger charge is -2.32. The lowest BCUT2D eigenvalue weighted by atomic mass is 9.77. The molecule has 6 nitrogen and oxygen atoms in total. The third kappa shape index (κ3) is 3.96. The summed E-state index contributed by atoms with van der Waals surface area (Å²) >= 11 is 0. The standard InChI is InChI=1S/C19H29BN2O4/c21-19(18(23)24,10-3-4-11-20(25)26)15-9-12-22(13-15)17-8-7-14-5-1-2-6-16(14)17/h1-2,5-6,15,17,25-26H,3-4,7-13,21H2,(H,23,24). The van der Waals surface area contributed by atoms with Gasteiger partial charge in [-0.05, 0) is 49.7 Å². The summed E-state index contributed by atoms with van der Waals surface area (Å²) in [6.07, 6.45) is 4.74. The van der Waals surface area contributed by atoms with E-state index in [9.17, 15) is 9.90 Å². The molecule has 0 amide bonds. The number of nitrogens with zero attached hydrogens (tertiary/aromatic N) is 1. The zero-order valence-electron chi connectivity index (χ0n) is 15.2. The van der Waals surface area contributed by atoms with Gasteiger partial charge in [0, 0.05) is 18.5 Å². The highest BCUT2D eigenvalue weighted by atomic mass is 16.4. The minimum absolute atomic E-state index is 0.0770. The van der Waals surface area contributed by atoms with Gasteiger partial charge < -0.3 is 20.9 Å². The normalized spacial score (nSPS) is 25.0. The van der Waals surface area contributed by atoms with Gasteiger partial charge in [0.1, 0.15) is 5.54 Å². The topological polar surface area (TPSA) is 107 Å². The van der Waals surface area contributed by atoms with Gasteiger partial charge >= 0.3 is 13.1 Å². The Bertz CT molecular complexity index is 642. The van der Waals surface area contributed by atoms with Crippen molar-refractivity contribution in [2.75, 3.05) is 13.1 Å². The molecule has 3 rings (SSSR count). The molecule has 1 aliphatic carbocycles. The van der Waals surface area contributed by atoms with Crippen molar-refractivity contribution < 1.29 is 19.9 Å². The molecular formula is C19H29BN2O4. The highest BCUT2D eigenvalue weighted by molar-refractivity contribution is 6.40. The molecule has 1 heterocycles. The lowest BCUT2D eigenvalue weighted by Crippen LogP contribution is -2.55. The molecule has 1 saturated heterocycles. The fourth-order valence-corrected chi connectivity index (χ4v) is 4.63. The number of aryl methyl sites for hydroxylation is 1. The van der Waals surface area contributed by atoms with Gasteiger partial charge in [0.2, 0.25) is 0 Å². The first-order valence-corrected chi connectivity index (χ1v) is 9.62. The lowest BCUT2D eigenvalue weighted by molar-refractivity contribution is -0.146. The molecule has 7 heteroatoms. The number of hydrogen-bond donors (Lipinski definition) is 4. The van der Waals surface area contributed by atoms with Crippen molar-refractivity contribution in [3.05, 3.63) is 35.4 Å². The van der Waals surface area contributed by atoms with Crippen molar-refractivity contribution in [1.29, 1.82) is 0 Å². The van der Waals surface area contributed by atoms with Gasteiger partial charge in [-0.15, -0.1) is 0 Å². The molecular weight excluding hydrogens is 331 g/mol. The van der Waals surface area contributed by atoms with Gasteiger partial charge in [-0.3, -0.25) is 9.69 Å². The van der Waals surface area contributed by atoms with Crippen LogP contribution in [0.1, 0.15) is 49.3 Å². The number of hydrogen-bond acceptors (Lipinski definition) is 5. The van der Waals surface area contributed by atoms with E-state index >= 15 is 0 Å². The fourth-order valence-electron chi connectivity index (χ4n) is 4.63. The van der Waals surface area contributed by atoms with E-state index in [0.29, 0.717) is 31.8 Å². The Kier molecular flexibility index (Phi) is 6.02. The molecule has 142 valence electrons. The Labute approximate surface area is 155 Å². The molecule has 3 atom stereocenters. The maximum Gasteiger partial charge on any atom is 0.451 e. The summed E-state index contributed by atoms with van der Waals surface area (Å²) in [6, 6.07) is 8.90. The number of likely N-dealkylation sites (tertiary alicyclic amines) is 1. The van der Waals surface area contributed by atoms with Crippen molar-refractivity contribution in [3.63, 3.8) is 0 Å². The number of rotatable bonds is 8. The van der Waals surface area contributed by atoms with Gasteiger partial charge in [-0.25, -0.2) is 0 Å². The second-order valence-electron chi connectivity index (χ2n) is 7.81. The number of carboxylic acid groups (broad SMARTS) is 1. The van der Waals surface area contributed by atoms with E-state index < -0.39 is 18.6 Å². The van der Waals surface area contributed by atoms with Crippen LogP contribution >= 0.6 is 0 Å². The molecule has 1 aromatic carbocycles. The molecule has 0 aromatic heterocycles. The number of benzene rings is 1. The van der Waals surface area contributed by atoms with Crippen LogP contribution in [0.25, 0.3) is 0 Å². The Morgan fingerprint density at radius 1 is 1.27 bits per heavy atom. The van der Waals surface area contributed by atoms with Gasteiger partial charge in [0.05, 0.1) is 0 Å². The van der Waals surface area contributed by atoms with Crippen LogP contribution in [0.2, 0.25) is 6.32 Å². The van der Waals surface area contributed by atoms with Crippen molar-refractivity contribution >= 4 is 13.1 Å². The second-order valence-corrected chi connectivity index (χ2v) is 7.81. The molecule has 26 heavy (non-hydrogen) atoms. The summed E-state index contributed by atoms with van der Waals surface area (Å²) in [7, 11) is -1.34. The summed E-state index contributed by atoms with van der Waals surface area (Å²) in [4.78, 5) is 14.3. The molecule has 3 unspecified atom stereocenters. The quantitative estimate of drug-likeness (QED) is 0.413. The number of carboxylic acids is 1. The van der Waals surface area contributed by atoms with Gasteiger partial charge in [0.25, 0.3) is 0 Å². The predicted molar refractivity (Wildman–Crippen MR) is 101 cm³/mol. The molecule has 0 spiro atoms. The van der Waals surface area contributed by atoms with Crippen LogP contribution in [-0.2, 0) is 11.2 Å². The van der Waals surface area contributed by atoms with E-state index in [1.807, 2.05) is 0 Å². The third-order valence-corrected chi connectivity index (χ3v) is 6.19. The maximum atomic E-state index is 11.9. The zero-order chi connectivity index (χ0) is 18.7. The van der Waals surface area contributed by atoms with Crippen LogP contribution in [0.5, 0.6) is 0 Å². The summed E-state index contributed by atoms with van der Waals surface area (Å²) in [5, 5.41) is 27.6. The highest BCUT2D eigenvalue weighted by Gasteiger charge is 2.46. The third-order valence-electron chi connectivity index (χ3n) is 6.19. The molecule has 1 fully saturated rings. The minimum atomic E-state index is -1.34. The predicted octanol–water partition coefficient (Wildman–Crippen LogP) is 1.42. The van der Waals surface area contributed by atoms with Crippen molar-refractivity contribution in [2.45, 2.75) is 56.4 Å². The number of aliphatic carboxylic acids is 1. The highest BCUT2D eigenvalue weighted by Crippen LogP contribution is 2.40. The summed E-state index contributed by atoms with van der Waals surface area (Å²) in [5.41, 5.74) is 7.91. The molecule has 5 N–H and O–H groups in total. The van der Waals surface area contributed by atoms with Gasteiger partial charge in [-0.1, -0.05) is 37.1 Å². The molecule has 1 aliphatic heterocycles. The molecule has 1 aromatic rings. The number of nitrogens with two attached hydrogens (primary N) is 1. The van der Waals surface area contributed by atoms with Crippen LogP contribution in [0.4, 0.5) is 0 Å². The monoisotopic (exact) mass is 360 g/mol. The Morgan fingerprint density at radius 2 is 2.04 bits per heavy atom. The average molecular weight is 360 g/mol. The molecule has 2 aliphatic rings. The maximum absolute atomic E-state index is 11.9. The van der Waals surface area contributed by atoms with Crippen LogP contribution in [0.15, 0.2) is 24.3 Å². The van der Waals surface area contributed by atoms with Crippen molar-refractivity contribution in [2.24, 2.45) is 11.7 Å². The summed E-state index contributed by atoms with van der Waals surface area (Å²) in [5.74, 6) is -1.02. The van der Waals surface area contributed by atoms with E-state index in [-0.39, 0.29) is 12.2 Å². The number of carbonyl (C=O) groups is 1. The largest absolute Gasteiger partial charge is 0.480 e. The van der Waals surface area contributed by atoms with Crippen molar-refractivity contribution in [1.82, 2.24) is 4.90 Å². The average Bonchev–Trinajstić information content (AvgIpc) is 3.24. The molecule has 0 saturated carbocycles. The van der Waals surface area contributed by atoms with Crippen molar-refractivity contribution in [3.8, 4) is 0 Å². The smallest absolute Gasteiger partial charge is 0.451 e. The van der Waals surface area contributed by atoms with E-state index in [1.54, 1.807) is 0 Å². The second kappa shape index (κ2) is 8.09. The summed E-state index contributed by atoms with van der Waals surface area (Å²) in [6.45, 7) is 1.59. The zero-order valence-corrected chi connectivity index (χ0v) is 15.2. The Balaban J connectivity index is 1.63. The van der Waals surface area contributed by atoms with E-state index in [2.05, 4.69) is 29.2 Å². The SMILES string of the molecule is NC(CCCCB(O)O)(C(=O)O)C1CCN(C2CCc3ccccc32)C1. The van der Waals surface area contributed by atoms with E-state index in [4.69, 9.17) is 15.8 Å². The van der Waals surface area contributed by atoms with Crippen LogP contribution in [0, 0.1) is 5.92 Å². The minimum Gasteiger partial charge on any atom is -0.480 e. The van der Waals surface area contributed by atoms with Crippen LogP contribution in [0.3, 0.4) is 0 Å². The van der Waals surface area contributed by atoms with E-state index in [1.165, 1.54) is 11.1 Å². The Morgan fingerprint density at radius 3 is 2.77 bits per heavy atom. The Hall–Kier alpha value is -1.41. The summed E-state index contributed by atoms with van der Waals surface area (Å²) < 4.78 is 0. The first-order valence-electron chi connectivity index (χ1n) is 9.62.